The predicted molar refractivity (Wildman–Crippen MR) is 94.3 cm³/mol. The molecule has 1 aromatic carbocycles. The first-order valence-corrected chi connectivity index (χ1v) is 8.66. The lowest BCUT2D eigenvalue weighted by atomic mass is 10.0. The number of fused-ring (bicyclic) bond motifs is 4. The second-order valence-corrected chi connectivity index (χ2v) is 7.20. The van der Waals surface area contributed by atoms with Crippen molar-refractivity contribution < 1.29 is 0 Å². The van der Waals surface area contributed by atoms with Crippen LogP contribution in [0.3, 0.4) is 0 Å². The lowest BCUT2D eigenvalue weighted by molar-refractivity contribution is 0.762. The Morgan fingerprint density at radius 3 is 3.17 bits per heavy atom. The van der Waals surface area contributed by atoms with Gasteiger partial charge in [0.1, 0.15) is 10.5 Å². The monoisotopic (exact) mass is 337 g/mol. The van der Waals surface area contributed by atoms with E-state index in [0.29, 0.717) is 5.52 Å². The molecule has 0 saturated heterocycles. The molecule has 0 spiro atoms. The Hall–Kier alpha value is -2.51. The van der Waals surface area contributed by atoms with Crippen LogP contribution in [-0.2, 0) is 26.6 Å². The maximum Gasteiger partial charge on any atom is 0.288 e. The van der Waals surface area contributed by atoms with E-state index in [1.165, 1.54) is 16.7 Å². The fourth-order valence-corrected chi connectivity index (χ4v) is 4.69. The summed E-state index contributed by atoms with van der Waals surface area (Å²) >= 11 is 1.65. The first-order chi connectivity index (χ1) is 11.7. The van der Waals surface area contributed by atoms with Crippen molar-refractivity contribution in [3.8, 4) is 0 Å². The largest absolute Gasteiger partial charge is 0.323 e. The number of H-pyrrole nitrogens is 1. The molecule has 0 aliphatic carbocycles. The van der Waals surface area contributed by atoms with Gasteiger partial charge in [0.25, 0.3) is 5.56 Å². The van der Waals surface area contributed by atoms with Crippen LogP contribution in [0.15, 0.2) is 29.2 Å². The second-order valence-electron chi connectivity index (χ2n) is 6.12. The molecule has 7 heteroatoms. The maximum absolute atomic E-state index is 12.0. The summed E-state index contributed by atoms with van der Waals surface area (Å²) in [5.74, 6) is 0. The highest BCUT2D eigenvalue weighted by Crippen LogP contribution is 2.32. The minimum atomic E-state index is -0.172. The van der Waals surface area contributed by atoms with Gasteiger partial charge in [-0.05, 0) is 16.7 Å². The predicted octanol–water partition coefficient (Wildman–Crippen LogP) is 2.07. The molecule has 0 unspecified atom stereocenters. The van der Waals surface area contributed by atoms with Crippen molar-refractivity contribution >= 4 is 32.6 Å². The lowest BCUT2D eigenvalue weighted by Crippen LogP contribution is -2.10. The highest BCUT2D eigenvalue weighted by molar-refractivity contribution is 7.19. The molecule has 4 aromatic rings. The van der Waals surface area contributed by atoms with Gasteiger partial charge < -0.3 is 9.88 Å². The highest BCUT2D eigenvalue weighted by Gasteiger charge is 2.18. The van der Waals surface area contributed by atoms with E-state index in [-0.39, 0.29) is 5.56 Å². The molecule has 1 aliphatic heterocycles. The highest BCUT2D eigenvalue weighted by atomic mass is 32.1. The first kappa shape index (κ1) is 13.9. The van der Waals surface area contributed by atoms with Crippen LogP contribution in [0.2, 0.25) is 0 Å². The molecule has 0 radical (unpaired) electrons. The van der Waals surface area contributed by atoms with Crippen molar-refractivity contribution in [2.45, 2.75) is 19.5 Å². The molecule has 2 N–H and O–H groups in total. The topological polar surface area (TPSA) is 75.6 Å². The average molecular weight is 337 g/mol. The van der Waals surface area contributed by atoms with E-state index >= 15 is 0 Å². The normalized spacial score (nSPS) is 13.9. The molecule has 0 fully saturated rings. The average Bonchev–Trinajstić information content (AvgIpc) is 3.25. The maximum atomic E-state index is 12.0. The van der Waals surface area contributed by atoms with E-state index < -0.39 is 0 Å². The Labute approximate surface area is 141 Å². The molecule has 4 heterocycles. The van der Waals surface area contributed by atoms with Crippen LogP contribution in [0.1, 0.15) is 21.7 Å². The SMILES string of the molecule is Cn1c2nc(Cc3cccc4c3CNC4)sc2c2cn[nH]c(=O)c21. The van der Waals surface area contributed by atoms with E-state index in [2.05, 4.69) is 33.7 Å². The van der Waals surface area contributed by atoms with Crippen molar-refractivity contribution in [3.05, 3.63) is 56.4 Å². The number of rotatable bonds is 2. The van der Waals surface area contributed by atoms with Gasteiger partial charge in [0.15, 0.2) is 5.65 Å². The minimum Gasteiger partial charge on any atom is -0.323 e. The second kappa shape index (κ2) is 4.99. The molecule has 6 nitrogen and oxygen atoms in total. The zero-order valence-electron chi connectivity index (χ0n) is 13.1. The molecule has 5 rings (SSSR count). The summed E-state index contributed by atoms with van der Waals surface area (Å²) < 4.78 is 2.90. The van der Waals surface area contributed by atoms with Crippen molar-refractivity contribution in [1.82, 2.24) is 25.1 Å². The van der Waals surface area contributed by atoms with E-state index in [4.69, 9.17) is 4.98 Å². The Morgan fingerprint density at radius 2 is 2.25 bits per heavy atom. The molecule has 0 saturated carbocycles. The third-order valence-corrected chi connectivity index (χ3v) is 5.79. The van der Waals surface area contributed by atoms with E-state index in [0.717, 1.165) is 40.3 Å². The summed E-state index contributed by atoms with van der Waals surface area (Å²) in [4.78, 5) is 16.8. The minimum absolute atomic E-state index is 0.172. The van der Waals surface area contributed by atoms with E-state index in [1.54, 1.807) is 17.5 Å². The van der Waals surface area contributed by atoms with Gasteiger partial charge in [-0.3, -0.25) is 4.79 Å². The number of aryl methyl sites for hydroxylation is 1. The molecule has 1 aliphatic rings. The van der Waals surface area contributed by atoms with Gasteiger partial charge in [-0.2, -0.15) is 5.10 Å². The van der Waals surface area contributed by atoms with Crippen LogP contribution in [0.25, 0.3) is 21.3 Å². The fourth-order valence-electron chi connectivity index (χ4n) is 3.56. The smallest absolute Gasteiger partial charge is 0.288 e. The summed E-state index contributed by atoms with van der Waals surface area (Å²) in [6.45, 7) is 1.88. The van der Waals surface area contributed by atoms with Gasteiger partial charge in [-0.15, -0.1) is 11.3 Å². The molecule has 0 atom stereocenters. The van der Waals surface area contributed by atoms with Gasteiger partial charge in [-0.25, -0.2) is 10.1 Å². The van der Waals surface area contributed by atoms with Crippen LogP contribution in [0.5, 0.6) is 0 Å². The summed E-state index contributed by atoms with van der Waals surface area (Å²) in [6, 6.07) is 6.48. The van der Waals surface area contributed by atoms with Crippen LogP contribution in [0.4, 0.5) is 0 Å². The third kappa shape index (κ3) is 1.88. The number of hydrogen-bond acceptors (Lipinski definition) is 5. The van der Waals surface area contributed by atoms with Crippen LogP contribution >= 0.6 is 11.3 Å². The Balaban J connectivity index is 1.65. The first-order valence-electron chi connectivity index (χ1n) is 7.84. The van der Waals surface area contributed by atoms with Crippen molar-refractivity contribution in [1.29, 1.82) is 0 Å². The van der Waals surface area contributed by atoms with Crippen LogP contribution in [-0.4, -0.2) is 19.7 Å². The molecule has 0 bridgehead atoms. The zero-order valence-corrected chi connectivity index (χ0v) is 13.9. The summed E-state index contributed by atoms with van der Waals surface area (Å²) in [5.41, 5.74) is 5.43. The molecule has 120 valence electrons. The molecular formula is C17H15N5OS. The zero-order chi connectivity index (χ0) is 16.3. The summed E-state index contributed by atoms with van der Waals surface area (Å²) in [6.07, 6.45) is 2.54. The number of nitrogens with one attached hydrogen (secondary N) is 2. The molecule has 24 heavy (non-hydrogen) atoms. The van der Waals surface area contributed by atoms with Crippen molar-refractivity contribution in [3.63, 3.8) is 0 Å². The number of hydrogen-bond donors (Lipinski definition) is 2. The van der Waals surface area contributed by atoms with Gasteiger partial charge in [0.2, 0.25) is 0 Å². The number of aromatic nitrogens is 4. The molecule has 3 aromatic heterocycles. The standard InChI is InChI=1S/C17H15N5OS/c1-22-14-12(8-19-21-17(14)23)15-16(22)20-13(24-15)5-9-3-2-4-10-6-18-7-11(9)10/h2-4,8,18H,5-7H2,1H3,(H,21,23). The number of aromatic amines is 1. The Morgan fingerprint density at radius 1 is 1.33 bits per heavy atom. The number of benzene rings is 1. The van der Waals surface area contributed by atoms with Crippen molar-refractivity contribution in [2.75, 3.05) is 0 Å². The third-order valence-electron chi connectivity index (χ3n) is 4.71. The summed E-state index contributed by atoms with van der Waals surface area (Å²) in [7, 11) is 1.88. The van der Waals surface area contributed by atoms with Gasteiger partial charge in [-0.1, -0.05) is 18.2 Å². The van der Waals surface area contributed by atoms with Gasteiger partial charge in [0.05, 0.1) is 10.9 Å². The van der Waals surface area contributed by atoms with E-state index in [1.807, 2.05) is 11.6 Å². The van der Waals surface area contributed by atoms with Crippen LogP contribution < -0.4 is 10.9 Å². The van der Waals surface area contributed by atoms with Crippen molar-refractivity contribution in [2.24, 2.45) is 7.05 Å². The molecular weight excluding hydrogens is 322 g/mol. The Bertz CT molecular complexity index is 1150. The fraction of sp³-hybridized carbons (Fsp3) is 0.235. The quantitative estimate of drug-likeness (QED) is 0.587. The Kier molecular flexibility index (Phi) is 2.89. The van der Waals surface area contributed by atoms with Gasteiger partial charge >= 0.3 is 0 Å². The van der Waals surface area contributed by atoms with Gasteiger partial charge in [0, 0.05) is 31.9 Å². The van der Waals surface area contributed by atoms with Crippen LogP contribution in [0, 0.1) is 0 Å². The number of nitrogens with zero attached hydrogens (tertiary/aromatic N) is 3. The molecule has 0 amide bonds. The lowest BCUT2D eigenvalue weighted by Gasteiger charge is -2.05. The van der Waals surface area contributed by atoms with E-state index in [9.17, 15) is 4.79 Å². The summed E-state index contributed by atoms with van der Waals surface area (Å²) in [5, 5.41) is 11.8. The number of thiazole rings is 1.